The van der Waals surface area contributed by atoms with Crippen LogP contribution in [0.3, 0.4) is 0 Å². The average molecular weight is 309 g/mol. The van der Waals surface area contributed by atoms with Gasteiger partial charge < -0.3 is 9.05 Å². The van der Waals surface area contributed by atoms with Crippen molar-refractivity contribution in [1.82, 2.24) is 0 Å². The number of carbonyl (C=O) groups is 1. The zero-order chi connectivity index (χ0) is 14.5. The van der Waals surface area contributed by atoms with Gasteiger partial charge in [-0.2, -0.15) is 0 Å². The lowest BCUT2D eigenvalue weighted by atomic mass is 10.1. The number of rotatable bonds is 7. The number of carbonyl (C=O) groups excluding carboxylic acids is 1. The Labute approximate surface area is 116 Å². The highest BCUT2D eigenvalue weighted by atomic mass is 35.5. The molecule has 0 aliphatic rings. The van der Waals surface area contributed by atoms with Crippen LogP contribution in [0.15, 0.2) is 30.3 Å². The maximum atomic E-state index is 14.5. The first-order valence-corrected chi connectivity index (χ1v) is 7.68. The fourth-order valence-electron chi connectivity index (χ4n) is 1.43. The fraction of sp³-hybridized carbons (Fsp3) is 0.417. The lowest BCUT2D eigenvalue weighted by Gasteiger charge is -2.25. The van der Waals surface area contributed by atoms with Crippen molar-refractivity contribution in [2.75, 3.05) is 13.2 Å². The predicted octanol–water partition coefficient (Wildman–Crippen LogP) is 4.00. The third kappa shape index (κ3) is 3.42. The van der Waals surface area contributed by atoms with E-state index in [4.69, 9.17) is 20.6 Å². The van der Waals surface area contributed by atoms with Crippen LogP contribution in [0.4, 0.5) is 4.39 Å². The quantitative estimate of drug-likeness (QED) is 0.434. The SMILES string of the molecule is CCOP(=O)(OCC)[C@](F)(Cl)C(=O)c1ccccc1. The summed E-state index contributed by atoms with van der Waals surface area (Å²) in [7, 11) is -4.39. The molecule has 0 amide bonds. The van der Waals surface area contributed by atoms with Crippen molar-refractivity contribution >= 4 is 25.0 Å². The Bertz CT molecular complexity index is 468. The Morgan fingerprint density at radius 3 is 2.16 bits per heavy atom. The van der Waals surface area contributed by atoms with E-state index in [0.29, 0.717) is 0 Å². The van der Waals surface area contributed by atoms with Crippen LogP contribution < -0.4 is 0 Å². The third-order valence-corrected chi connectivity index (χ3v) is 5.13. The van der Waals surface area contributed by atoms with Crippen LogP contribution in [0.5, 0.6) is 0 Å². The van der Waals surface area contributed by atoms with E-state index < -0.39 is 18.2 Å². The molecule has 0 spiro atoms. The van der Waals surface area contributed by atoms with Gasteiger partial charge in [0.2, 0.25) is 5.78 Å². The Morgan fingerprint density at radius 1 is 1.26 bits per heavy atom. The van der Waals surface area contributed by atoms with Gasteiger partial charge in [0.15, 0.2) is 0 Å². The summed E-state index contributed by atoms with van der Waals surface area (Å²) in [5.41, 5.74) is -0.000342. The lowest BCUT2D eigenvalue weighted by Crippen LogP contribution is -2.29. The zero-order valence-electron chi connectivity index (χ0n) is 10.6. The Kier molecular flexibility index (Phi) is 5.68. The molecule has 0 unspecified atom stereocenters. The topological polar surface area (TPSA) is 52.6 Å². The standard InChI is InChI=1S/C12H15ClFO4P/c1-3-17-19(16,18-4-2)12(13,14)11(15)10-8-6-5-7-9-10/h5-9H,3-4H2,1-2H3/t12-/m0/s1. The summed E-state index contributed by atoms with van der Waals surface area (Å²) in [6.45, 7) is 2.84. The highest BCUT2D eigenvalue weighted by Gasteiger charge is 2.57. The summed E-state index contributed by atoms with van der Waals surface area (Å²) < 4.78 is 36.3. The van der Waals surface area contributed by atoms with Crippen LogP contribution in [0.25, 0.3) is 0 Å². The molecule has 4 nitrogen and oxygen atoms in total. The first-order chi connectivity index (χ1) is 8.89. The van der Waals surface area contributed by atoms with Gasteiger partial charge in [-0.3, -0.25) is 9.36 Å². The Balaban J connectivity index is 3.13. The molecule has 0 radical (unpaired) electrons. The molecule has 0 fully saturated rings. The van der Waals surface area contributed by atoms with Gasteiger partial charge in [-0.05, 0) is 13.8 Å². The average Bonchev–Trinajstić information content (AvgIpc) is 2.39. The second-order valence-electron chi connectivity index (χ2n) is 3.57. The molecule has 1 aromatic carbocycles. The van der Waals surface area contributed by atoms with Crippen LogP contribution in [0, 0.1) is 0 Å². The van der Waals surface area contributed by atoms with Crippen molar-refractivity contribution in [3.63, 3.8) is 0 Å². The van der Waals surface area contributed by atoms with Gasteiger partial charge >= 0.3 is 12.5 Å². The molecule has 19 heavy (non-hydrogen) atoms. The molecule has 0 N–H and O–H groups in total. The number of alkyl halides is 2. The zero-order valence-corrected chi connectivity index (χ0v) is 12.3. The molecule has 0 saturated carbocycles. The lowest BCUT2D eigenvalue weighted by molar-refractivity contribution is 0.0854. The first-order valence-electron chi connectivity index (χ1n) is 5.76. The molecule has 1 atom stereocenters. The van der Waals surface area contributed by atoms with E-state index in [0.717, 1.165) is 0 Å². The van der Waals surface area contributed by atoms with E-state index >= 15 is 0 Å². The van der Waals surface area contributed by atoms with Gasteiger partial charge in [0, 0.05) is 5.56 Å². The molecule has 7 heteroatoms. The van der Waals surface area contributed by atoms with Gasteiger partial charge in [-0.15, -0.1) is 0 Å². The van der Waals surface area contributed by atoms with E-state index in [9.17, 15) is 13.8 Å². The minimum absolute atomic E-state index is 0.000342. The molecule has 0 bridgehead atoms. The molecular formula is C12H15ClFO4P. The predicted molar refractivity (Wildman–Crippen MR) is 71.3 cm³/mol. The van der Waals surface area contributed by atoms with Crippen LogP contribution in [0.1, 0.15) is 24.2 Å². The summed E-state index contributed by atoms with van der Waals surface area (Å²) in [5.74, 6) is -1.14. The molecule has 0 saturated heterocycles. The van der Waals surface area contributed by atoms with E-state index in [1.807, 2.05) is 0 Å². The normalized spacial score (nSPS) is 14.9. The van der Waals surface area contributed by atoms with Crippen molar-refractivity contribution in [3.8, 4) is 0 Å². The fourth-order valence-corrected chi connectivity index (χ4v) is 3.29. The second-order valence-corrected chi connectivity index (χ2v) is 6.48. The minimum Gasteiger partial charge on any atom is -0.305 e. The van der Waals surface area contributed by atoms with Crippen molar-refractivity contribution < 1.29 is 22.8 Å². The highest BCUT2D eigenvalue weighted by molar-refractivity contribution is 7.58. The summed E-state index contributed by atoms with van der Waals surface area (Å²) in [6.07, 6.45) is 0. The highest BCUT2D eigenvalue weighted by Crippen LogP contribution is 2.64. The first kappa shape index (κ1) is 16.3. The van der Waals surface area contributed by atoms with Crippen LogP contribution in [-0.4, -0.2) is 23.9 Å². The monoisotopic (exact) mass is 308 g/mol. The summed E-state index contributed by atoms with van der Waals surface area (Å²) in [5, 5.41) is 0. The number of hydrogen-bond donors (Lipinski definition) is 0. The Morgan fingerprint density at radius 2 is 1.74 bits per heavy atom. The summed E-state index contributed by atoms with van der Waals surface area (Å²) in [6, 6.07) is 7.51. The van der Waals surface area contributed by atoms with Crippen molar-refractivity contribution in [2.45, 2.75) is 18.7 Å². The van der Waals surface area contributed by atoms with Crippen LogP contribution in [-0.2, 0) is 13.6 Å². The number of Topliss-reactive ketones (excluding diaryl/α,β-unsaturated/α-hetero) is 1. The largest absolute Gasteiger partial charge is 0.391 e. The minimum atomic E-state index is -4.39. The number of benzene rings is 1. The molecule has 0 aliphatic heterocycles. The van der Waals surface area contributed by atoms with Crippen molar-refractivity contribution in [2.24, 2.45) is 0 Å². The number of ketones is 1. The van der Waals surface area contributed by atoms with Gasteiger partial charge in [0.25, 0.3) is 0 Å². The Hall–Kier alpha value is -0.740. The van der Waals surface area contributed by atoms with Crippen LogP contribution >= 0.6 is 19.2 Å². The van der Waals surface area contributed by atoms with Gasteiger partial charge in [-0.1, -0.05) is 41.9 Å². The molecule has 1 aromatic rings. The maximum Gasteiger partial charge on any atom is 0.391 e. The molecule has 0 aliphatic carbocycles. The molecule has 0 heterocycles. The van der Waals surface area contributed by atoms with Crippen LogP contribution in [0.2, 0.25) is 0 Å². The third-order valence-electron chi connectivity index (χ3n) is 2.25. The summed E-state index contributed by atoms with van der Waals surface area (Å²) >= 11 is 5.56. The van der Waals surface area contributed by atoms with Gasteiger partial charge in [-0.25, -0.2) is 4.39 Å². The number of halogens is 2. The second kappa shape index (κ2) is 6.62. The van der Waals surface area contributed by atoms with E-state index in [-0.39, 0.29) is 18.8 Å². The smallest absolute Gasteiger partial charge is 0.305 e. The van der Waals surface area contributed by atoms with E-state index in [1.165, 1.54) is 26.0 Å². The van der Waals surface area contributed by atoms with Gasteiger partial charge in [0.05, 0.1) is 13.2 Å². The van der Waals surface area contributed by atoms with Crippen molar-refractivity contribution in [3.05, 3.63) is 35.9 Å². The molecular weight excluding hydrogens is 294 g/mol. The van der Waals surface area contributed by atoms with Crippen molar-refractivity contribution in [1.29, 1.82) is 0 Å². The molecule has 0 aromatic heterocycles. The number of hydrogen-bond acceptors (Lipinski definition) is 4. The van der Waals surface area contributed by atoms with E-state index in [2.05, 4.69) is 0 Å². The summed E-state index contributed by atoms with van der Waals surface area (Å²) in [4.78, 5) is 8.79. The van der Waals surface area contributed by atoms with E-state index in [1.54, 1.807) is 18.2 Å². The molecule has 1 rings (SSSR count). The maximum absolute atomic E-state index is 14.5. The van der Waals surface area contributed by atoms with Gasteiger partial charge in [0.1, 0.15) is 0 Å². The molecule has 106 valence electrons.